The molecule has 3 aromatic carbocycles. The SMILES string of the molecule is Br.CCCCCCCCCCCCc1ccccc1P(c1ccccc1)c1ccccc1. The summed E-state index contributed by atoms with van der Waals surface area (Å²) in [4.78, 5) is 0. The van der Waals surface area contributed by atoms with Gasteiger partial charge in [-0.05, 0) is 42.2 Å². The topological polar surface area (TPSA) is 0 Å². The van der Waals surface area contributed by atoms with E-state index in [0.717, 1.165) is 0 Å². The van der Waals surface area contributed by atoms with Gasteiger partial charge in [0.25, 0.3) is 0 Å². The molecule has 0 aliphatic carbocycles. The van der Waals surface area contributed by atoms with E-state index in [9.17, 15) is 0 Å². The Morgan fingerprint density at radius 2 is 0.938 bits per heavy atom. The van der Waals surface area contributed by atoms with Crippen molar-refractivity contribution in [1.29, 1.82) is 0 Å². The third-order valence-electron chi connectivity index (χ3n) is 6.06. The summed E-state index contributed by atoms with van der Waals surface area (Å²) in [5.74, 6) is 0. The molecule has 0 aliphatic rings. The van der Waals surface area contributed by atoms with E-state index in [0.29, 0.717) is 0 Å². The summed E-state index contributed by atoms with van der Waals surface area (Å²) in [7, 11) is -0.505. The molecule has 0 atom stereocenters. The average molecular weight is 512 g/mol. The van der Waals surface area contributed by atoms with E-state index in [-0.39, 0.29) is 17.0 Å². The third-order valence-corrected chi connectivity index (χ3v) is 8.61. The first-order valence-corrected chi connectivity index (χ1v) is 13.7. The largest absolute Gasteiger partial charge is 0.114 e. The number of unbranched alkanes of at least 4 members (excludes halogenated alkanes) is 9. The Labute approximate surface area is 208 Å². The molecule has 0 aliphatic heterocycles. The fraction of sp³-hybridized carbons (Fsp3) is 0.400. The van der Waals surface area contributed by atoms with E-state index < -0.39 is 7.92 Å². The quantitative estimate of drug-likeness (QED) is 0.150. The van der Waals surface area contributed by atoms with Gasteiger partial charge in [0.2, 0.25) is 0 Å². The zero-order valence-electron chi connectivity index (χ0n) is 19.7. The molecular formula is C30H40BrP. The van der Waals surface area contributed by atoms with Crippen LogP contribution in [0.3, 0.4) is 0 Å². The Balaban J connectivity index is 0.00000363. The molecule has 0 fully saturated rings. The van der Waals surface area contributed by atoms with E-state index in [4.69, 9.17) is 0 Å². The van der Waals surface area contributed by atoms with Crippen molar-refractivity contribution in [2.24, 2.45) is 0 Å². The monoisotopic (exact) mass is 510 g/mol. The van der Waals surface area contributed by atoms with Crippen LogP contribution in [0.1, 0.15) is 76.7 Å². The van der Waals surface area contributed by atoms with Crippen molar-refractivity contribution >= 4 is 40.8 Å². The Kier molecular flexibility index (Phi) is 13.6. The van der Waals surface area contributed by atoms with Crippen molar-refractivity contribution in [3.63, 3.8) is 0 Å². The first-order valence-electron chi connectivity index (χ1n) is 12.4. The molecule has 0 spiro atoms. The number of hydrogen-bond acceptors (Lipinski definition) is 0. The zero-order chi connectivity index (χ0) is 21.6. The van der Waals surface area contributed by atoms with Crippen LogP contribution >= 0.6 is 24.9 Å². The highest BCUT2D eigenvalue weighted by molar-refractivity contribution is 8.93. The van der Waals surface area contributed by atoms with Crippen LogP contribution in [0.2, 0.25) is 0 Å². The van der Waals surface area contributed by atoms with Crippen molar-refractivity contribution < 1.29 is 0 Å². The Bertz CT molecular complexity index is 807. The Morgan fingerprint density at radius 3 is 1.47 bits per heavy atom. The minimum atomic E-state index is -0.505. The lowest BCUT2D eigenvalue weighted by molar-refractivity contribution is 0.556. The van der Waals surface area contributed by atoms with Gasteiger partial charge in [-0.1, -0.05) is 150 Å². The molecule has 0 N–H and O–H groups in total. The lowest BCUT2D eigenvalue weighted by Gasteiger charge is -2.22. The second-order valence-electron chi connectivity index (χ2n) is 8.57. The second-order valence-corrected chi connectivity index (χ2v) is 10.8. The lowest BCUT2D eigenvalue weighted by atomic mass is 10.0. The second kappa shape index (κ2) is 16.2. The summed E-state index contributed by atoms with van der Waals surface area (Å²) in [6.07, 6.45) is 15.1. The summed E-state index contributed by atoms with van der Waals surface area (Å²) >= 11 is 0. The smallest absolute Gasteiger partial charge is 0.0119 e. The molecule has 0 heterocycles. The fourth-order valence-corrected chi connectivity index (χ4v) is 6.83. The number of benzene rings is 3. The van der Waals surface area contributed by atoms with Gasteiger partial charge >= 0.3 is 0 Å². The van der Waals surface area contributed by atoms with Crippen LogP contribution in [0.4, 0.5) is 0 Å². The molecule has 0 nitrogen and oxygen atoms in total. The molecule has 0 saturated carbocycles. The third kappa shape index (κ3) is 8.84. The van der Waals surface area contributed by atoms with E-state index >= 15 is 0 Å². The van der Waals surface area contributed by atoms with Crippen LogP contribution in [0.25, 0.3) is 0 Å². The average Bonchev–Trinajstić information content (AvgIpc) is 2.83. The first kappa shape index (κ1) is 26.8. The van der Waals surface area contributed by atoms with Crippen molar-refractivity contribution in [2.75, 3.05) is 0 Å². The summed E-state index contributed by atoms with van der Waals surface area (Å²) < 4.78 is 0. The zero-order valence-corrected chi connectivity index (χ0v) is 22.3. The molecular weight excluding hydrogens is 471 g/mol. The van der Waals surface area contributed by atoms with Crippen LogP contribution in [0, 0.1) is 0 Å². The van der Waals surface area contributed by atoms with Crippen LogP contribution in [0.5, 0.6) is 0 Å². The van der Waals surface area contributed by atoms with Gasteiger partial charge in [-0.25, -0.2) is 0 Å². The predicted octanol–water partition coefficient (Wildman–Crippen LogP) is 8.49. The van der Waals surface area contributed by atoms with Gasteiger partial charge in [-0.3, -0.25) is 0 Å². The van der Waals surface area contributed by atoms with E-state index in [1.54, 1.807) is 5.56 Å². The summed E-state index contributed by atoms with van der Waals surface area (Å²) in [6.45, 7) is 2.29. The van der Waals surface area contributed by atoms with Crippen LogP contribution in [0.15, 0.2) is 84.9 Å². The maximum Gasteiger partial charge on any atom is -0.0119 e. The normalized spacial score (nSPS) is 10.8. The Hall–Kier alpha value is -1.43. The van der Waals surface area contributed by atoms with Gasteiger partial charge in [-0.2, -0.15) is 0 Å². The standard InChI is InChI=1S/C30H39P.BrH/c1-2-3-4-5-6-7-8-9-10-13-20-27-21-18-19-26-30(27)31(28-22-14-11-15-23-28)29-24-16-12-17-25-29;/h11-12,14-19,21-26H,2-10,13,20H2,1H3;1H. The number of halogens is 1. The summed E-state index contributed by atoms with van der Waals surface area (Å²) in [5, 5.41) is 4.42. The predicted molar refractivity (Wildman–Crippen MR) is 151 cm³/mol. The van der Waals surface area contributed by atoms with Gasteiger partial charge in [0.05, 0.1) is 0 Å². The van der Waals surface area contributed by atoms with Gasteiger partial charge in [0.15, 0.2) is 0 Å². The van der Waals surface area contributed by atoms with Crippen LogP contribution in [-0.2, 0) is 6.42 Å². The highest BCUT2D eigenvalue weighted by atomic mass is 79.9. The van der Waals surface area contributed by atoms with Crippen molar-refractivity contribution in [3.8, 4) is 0 Å². The van der Waals surface area contributed by atoms with Crippen molar-refractivity contribution in [2.45, 2.75) is 77.6 Å². The number of hydrogen-bond donors (Lipinski definition) is 0. The molecule has 0 unspecified atom stereocenters. The molecule has 32 heavy (non-hydrogen) atoms. The minimum Gasteiger partial charge on any atom is -0.114 e. The molecule has 0 radical (unpaired) electrons. The molecule has 0 aromatic heterocycles. The van der Waals surface area contributed by atoms with Gasteiger partial charge < -0.3 is 0 Å². The number of aryl methyl sites for hydroxylation is 1. The van der Waals surface area contributed by atoms with Crippen molar-refractivity contribution in [1.82, 2.24) is 0 Å². The molecule has 0 amide bonds. The molecule has 172 valence electrons. The maximum atomic E-state index is 2.37. The van der Waals surface area contributed by atoms with Gasteiger partial charge in [-0.15, -0.1) is 17.0 Å². The molecule has 0 bridgehead atoms. The number of rotatable bonds is 14. The maximum absolute atomic E-state index is 2.37. The minimum absolute atomic E-state index is 0. The van der Waals surface area contributed by atoms with Crippen LogP contribution < -0.4 is 15.9 Å². The highest BCUT2D eigenvalue weighted by Gasteiger charge is 2.18. The summed E-state index contributed by atoms with van der Waals surface area (Å²) in [6, 6.07) is 31.3. The molecule has 2 heteroatoms. The van der Waals surface area contributed by atoms with E-state index in [1.807, 2.05) is 0 Å². The first-order chi connectivity index (χ1) is 15.4. The Morgan fingerprint density at radius 1 is 0.500 bits per heavy atom. The van der Waals surface area contributed by atoms with Gasteiger partial charge in [0, 0.05) is 0 Å². The summed E-state index contributed by atoms with van der Waals surface area (Å²) in [5.41, 5.74) is 1.54. The highest BCUT2D eigenvalue weighted by Crippen LogP contribution is 2.34. The van der Waals surface area contributed by atoms with Gasteiger partial charge in [0.1, 0.15) is 0 Å². The van der Waals surface area contributed by atoms with Crippen LogP contribution in [-0.4, -0.2) is 0 Å². The fourth-order valence-electron chi connectivity index (χ4n) is 4.32. The molecule has 0 saturated heterocycles. The van der Waals surface area contributed by atoms with E-state index in [1.165, 1.54) is 86.5 Å². The molecule has 3 rings (SSSR count). The molecule has 3 aromatic rings. The van der Waals surface area contributed by atoms with Crippen molar-refractivity contribution in [3.05, 3.63) is 90.5 Å². The van der Waals surface area contributed by atoms with E-state index in [2.05, 4.69) is 91.9 Å². The lowest BCUT2D eigenvalue weighted by Crippen LogP contribution is -2.23.